The van der Waals surface area contributed by atoms with Crippen molar-refractivity contribution in [1.29, 1.82) is 0 Å². The lowest BCUT2D eigenvalue weighted by molar-refractivity contribution is 0.416. The molecule has 0 radical (unpaired) electrons. The predicted octanol–water partition coefficient (Wildman–Crippen LogP) is 5.77. The normalized spacial score (nSPS) is 12.5. The van der Waals surface area contributed by atoms with Crippen molar-refractivity contribution in [2.75, 3.05) is 7.11 Å². The largest absolute Gasteiger partial charge is 0.496 e. The summed E-state index contributed by atoms with van der Waals surface area (Å²) in [5, 5.41) is 2.01. The lowest BCUT2D eigenvalue weighted by atomic mass is 10.1. The van der Waals surface area contributed by atoms with Crippen molar-refractivity contribution in [2.45, 2.75) is 4.83 Å². The molecule has 90 valence electrons. The fourth-order valence-corrected chi connectivity index (χ4v) is 4.28. The first-order valence-corrected chi connectivity index (χ1v) is 8.21. The summed E-state index contributed by atoms with van der Waals surface area (Å²) in [4.78, 5) is 1.39. The van der Waals surface area contributed by atoms with E-state index in [0.29, 0.717) is 0 Å². The van der Waals surface area contributed by atoms with Crippen LogP contribution in [0.2, 0.25) is 0 Å². The van der Waals surface area contributed by atoms with Gasteiger partial charge in [-0.05, 0) is 29.8 Å². The van der Waals surface area contributed by atoms with Crippen molar-refractivity contribution in [3.63, 3.8) is 0 Å². The van der Waals surface area contributed by atoms with E-state index in [2.05, 4.69) is 59.9 Å². The molecule has 2 aromatic rings. The highest BCUT2D eigenvalue weighted by atomic mass is 79.9. The van der Waals surface area contributed by atoms with Crippen LogP contribution in [0.4, 0.5) is 0 Å². The molecule has 0 saturated carbocycles. The lowest BCUT2D eigenvalue weighted by Crippen LogP contribution is -1.91. The number of alkyl halides is 1. The molecule has 1 heterocycles. The molecule has 5 heteroatoms. The molecule has 0 aliphatic heterocycles. The number of methoxy groups -OCH3 is 1. The zero-order valence-electron chi connectivity index (χ0n) is 8.91. The van der Waals surface area contributed by atoms with E-state index in [0.717, 1.165) is 14.7 Å². The number of benzene rings is 1. The summed E-state index contributed by atoms with van der Waals surface area (Å²) in [5.74, 6) is 0.903. The standard InChI is InChI=1S/C12H9Br3OS/c1-16-8-5-11(17-6-8)12(15)9-4-7(13)2-3-10(9)14/h2-6,12H,1H3. The Bertz CT molecular complexity index is 524. The molecule has 1 aromatic heterocycles. The Labute approximate surface area is 130 Å². The molecule has 0 amide bonds. The smallest absolute Gasteiger partial charge is 0.129 e. The third-order valence-corrected chi connectivity index (χ3v) is 5.79. The second-order valence-corrected chi connectivity index (χ2v) is 7.05. The van der Waals surface area contributed by atoms with Gasteiger partial charge in [0.1, 0.15) is 5.75 Å². The van der Waals surface area contributed by atoms with Crippen molar-refractivity contribution in [1.82, 2.24) is 0 Å². The van der Waals surface area contributed by atoms with Gasteiger partial charge < -0.3 is 4.74 Å². The van der Waals surface area contributed by atoms with Crippen molar-refractivity contribution in [3.05, 3.63) is 49.0 Å². The van der Waals surface area contributed by atoms with Crippen molar-refractivity contribution in [3.8, 4) is 5.75 Å². The minimum atomic E-state index is 0.170. The number of hydrogen-bond donors (Lipinski definition) is 0. The Balaban J connectivity index is 2.35. The van der Waals surface area contributed by atoms with Gasteiger partial charge in [-0.25, -0.2) is 0 Å². The van der Waals surface area contributed by atoms with Gasteiger partial charge in [0.25, 0.3) is 0 Å². The van der Waals surface area contributed by atoms with Gasteiger partial charge in [-0.1, -0.05) is 47.8 Å². The van der Waals surface area contributed by atoms with Crippen LogP contribution in [0.5, 0.6) is 5.75 Å². The molecular formula is C12H9Br3OS. The van der Waals surface area contributed by atoms with E-state index in [1.54, 1.807) is 18.4 Å². The van der Waals surface area contributed by atoms with Crippen LogP contribution in [0.15, 0.2) is 38.6 Å². The highest BCUT2D eigenvalue weighted by Gasteiger charge is 2.16. The molecule has 17 heavy (non-hydrogen) atoms. The third kappa shape index (κ3) is 3.13. The summed E-state index contributed by atoms with van der Waals surface area (Å²) >= 11 is 12.5. The molecular weight excluding hydrogens is 432 g/mol. The van der Waals surface area contributed by atoms with Crippen LogP contribution in [0.3, 0.4) is 0 Å². The van der Waals surface area contributed by atoms with Gasteiger partial charge in [-0.3, -0.25) is 0 Å². The summed E-state index contributed by atoms with van der Waals surface area (Å²) in [7, 11) is 1.68. The number of rotatable bonds is 3. The lowest BCUT2D eigenvalue weighted by Gasteiger charge is -2.10. The maximum Gasteiger partial charge on any atom is 0.129 e. The molecule has 1 unspecified atom stereocenters. The van der Waals surface area contributed by atoms with Crippen LogP contribution in [0.25, 0.3) is 0 Å². The first-order valence-electron chi connectivity index (χ1n) is 4.83. The molecule has 2 rings (SSSR count). The zero-order valence-corrected chi connectivity index (χ0v) is 14.5. The Morgan fingerprint density at radius 1 is 1.24 bits per heavy atom. The quantitative estimate of drug-likeness (QED) is 0.551. The maximum absolute atomic E-state index is 5.20. The van der Waals surface area contributed by atoms with Crippen molar-refractivity contribution >= 4 is 59.1 Å². The highest BCUT2D eigenvalue weighted by molar-refractivity contribution is 9.11. The fraction of sp³-hybridized carbons (Fsp3) is 0.167. The fourth-order valence-electron chi connectivity index (χ4n) is 1.44. The molecule has 1 aromatic carbocycles. The van der Waals surface area contributed by atoms with Crippen LogP contribution in [-0.2, 0) is 0 Å². The van der Waals surface area contributed by atoms with Gasteiger partial charge in [0.05, 0.1) is 11.9 Å². The number of hydrogen-bond acceptors (Lipinski definition) is 2. The van der Waals surface area contributed by atoms with Gasteiger partial charge >= 0.3 is 0 Å². The average Bonchev–Trinajstić information content (AvgIpc) is 2.80. The van der Waals surface area contributed by atoms with Crippen LogP contribution in [0.1, 0.15) is 15.3 Å². The molecule has 0 spiro atoms. The Kier molecular flexibility index (Phi) is 4.69. The Hall–Kier alpha value is 0.160. The van der Waals surface area contributed by atoms with Crippen LogP contribution < -0.4 is 4.74 Å². The van der Waals surface area contributed by atoms with Crippen molar-refractivity contribution in [2.24, 2.45) is 0 Å². The molecule has 0 saturated heterocycles. The second-order valence-electron chi connectivity index (χ2n) is 3.42. The molecule has 0 fully saturated rings. The van der Waals surface area contributed by atoms with E-state index in [9.17, 15) is 0 Å². The number of ether oxygens (including phenoxy) is 1. The second kappa shape index (κ2) is 5.87. The first kappa shape index (κ1) is 13.6. The first-order chi connectivity index (χ1) is 8.11. The van der Waals surface area contributed by atoms with Gasteiger partial charge in [0.15, 0.2) is 0 Å². The topological polar surface area (TPSA) is 9.23 Å². The Morgan fingerprint density at radius 3 is 2.65 bits per heavy atom. The van der Waals surface area contributed by atoms with Crippen LogP contribution >= 0.6 is 59.1 Å². The molecule has 0 aliphatic rings. The molecule has 1 atom stereocenters. The van der Waals surface area contributed by atoms with Gasteiger partial charge in [-0.2, -0.15) is 0 Å². The van der Waals surface area contributed by atoms with Crippen LogP contribution in [-0.4, -0.2) is 7.11 Å². The van der Waals surface area contributed by atoms with Gasteiger partial charge in [0, 0.05) is 19.2 Å². The molecule has 0 aliphatic carbocycles. The predicted molar refractivity (Wildman–Crippen MR) is 83.5 cm³/mol. The summed E-state index contributed by atoms with van der Waals surface area (Å²) < 4.78 is 7.37. The minimum absolute atomic E-state index is 0.170. The summed E-state index contributed by atoms with van der Waals surface area (Å²) in [5.41, 5.74) is 1.20. The van der Waals surface area contributed by atoms with E-state index in [1.165, 1.54) is 10.4 Å². The van der Waals surface area contributed by atoms with E-state index >= 15 is 0 Å². The highest BCUT2D eigenvalue weighted by Crippen LogP contribution is 2.40. The average molecular weight is 441 g/mol. The summed E-state index contributed by atoms with van der Waals surface area (Å²) in [6.07, 6.45) is 0. The summed E-state index contributed by atoms with van der Waals surface area (Å²) in [6, 6.07) is 8.22. The molecule has 0 N–H and O–H groups in total. The van der Waals surface area contributed by atoms with E-state index in [-0.39, 0.29) is 4.83 Å². The SMILES string of the molecule is COc1csc(C(Br)c2cc(Br)ccc2Br)c1. The minimum Gasteiger partial charge on any atom is -0.496 e. The van der Waals surface area contributed by atoms with E-state index in [1.807, 2.05) is 17.5 Å². The van der Waals surface area contributed by atoms with E-state index < -0.39 is 0 Å². The summed E-state index contributed by atoms with van der Waals surface area (Å²) in [6.45, 7) is 0. The van der Waals surface area contributed by atoms with E-state index in [4.69, 9.17) is 4.74 Å². The number of thiophene rings is 1. The molecule has 1 nitrogen and oxygen atoms in total. The Morgan fingerprint density at radius 2 is 2.00 bits per heavy atom. The van der Waals surface area contributed by atoms with Crippen LogP contribution in [0, 0.1) is 0 Å². The number of halogens is 3. The van der Waals surface area contributed by atoms with Crippen molar-refractivity contribution < 1.29 is 4.74 Å². The third-order valence-electron chi connectivity index (χ3n) is 2.31. The molecule has 0 bridgehead atoms. The zero-order chi connectivity index (χ0) is 12.4. The maximum atomic E-state index is 5.20. The van der Waals surface area contributed by atoms with Gasteiger partial charge in [0.2, 0.25) is 0 Å². The van der Waals surface area contributed by atoms with Gasteiger partial charge in [-0.15, -0.1) is 11.3 Å². The monoisotopic (exact) mass is 438 g/mol.